The third kappa shape index (κ3) is 3.42. The van der Waals surface area contributed by atoms with Crippen LogP contribution in [0.25, 0.3) is 0 Å². The van der Waals surface area contributed by atoms with E-state index in [1.54, 1.807) is 6.07 Å². The highest BCUT2D eigenvalue weighted by Gasteiger charge is 2.19. The second-order valence-corrected chi connectivity index (χ2v) is 5.70. The summed E-state index contributed by atoms with van der Waals surface area (Å²) in [4.78, 5) is 4.58. The molecule has 110 valence electrons. The molecule has 0 amide bonds. The summed E-state index contributed by atoms with van der Waals surface area (Å²) in [5.74, 6) is -0.121. The third-order valence-corrected chi connectivity index (χ3v) is 4.05. The molecule has 1 fully saturated rings. The second kappa shape index (κ2) is 6.27. The van der Waals surface area contributed by atoms with Crippen LogP contribution in [0.3, 0.4) is 0 Å². The molecule has 2 aromatic carbocycles. The second-order valence-electron chi connectivity index (χ2n) is 5.70. The van der Waals surface area contributed by atoms with Crippen molar-refractivity contribution in [2.45, 2.75) is 13.5 Å². The van der Waals surface area contributed by atoms with Gasteiger partial charge in [0.25, 0.3) is 0 Å². The van der Waals surface area contributed by atoms with E-state index in [-0.39, 0.29) is 5.82 Å². The lowest BCUT2D eigenvalue weighted by Crippen LogP contribution is -2.46. The molecule has 0 aliphatic carbocycles. The third-order valence-electron chi connectivity index (χ3n) is 4.05. The highest BCUT2D eigenvalue weighted by molar-refractivity contribution is 5.48. The molecule has 0 radical (unpaired) electrons. The molecule has 1 saturated heterocycles. The predicted octanol–water partition coefficient (Wildman–Crippen LogP) is 3.46. The fraction of sp³-hybridized carbons (Fsp3) is 0.333. The predicted molar refractivity (Wildman–Crippen MR) is 85.1 cm³/mol. The molecule has 0 aromatic heterocycles. The molecule has 1 heterocycles. The first-order chi connectivity index (χ1) is 10.2. The molecule has 2 aromatic rings. The summed E-state index contributed by atoms with van der Waals surface area (Å²) >= 11 is 0. The molecule has 0 saturated carbocycles. The summed E-state index contributed by atoms with van der Waals surface area (Å²) < 4.78 is 13.8. The summed E-state index contributed by atoms with van der Waals surface area (Å²) in [6.07, 6.45) is 0. The number of para-hydroxylation sites is 1. The highest BCUT2D eigenvalue weighted by atomic mass is 19.1. The number of hydrogen-bond acceptors (Lipinski definition) is 2. The first-order valence-corrected chi connectivity index (χ1v) is 7.50. The fourth-order valence-corrected chi connectivity index (χ4v) is 2.92. The molecule has 0 atom stereocenters. The van der Waals surface area contributed by atoms with Crippen molar-refractivity contribution in [1.82, 2.24) is 4.90 Å². The van der Waals surface area contributed by atoms with Crippen LogP contribution < -0.4 is 4.90 Å². The zero-order valence-electron chi connectivity index (χ0n) is 12.4. The standard InChI is InChI=1S/C18H21FN2/c1-15-5-4-6-16(13-15)14-20-9-11-21(12-10-20)18-8-3-2-7-17(18)19/h2-8,13H,9-12,14H2,1H3. The number of hydrogen-bond donors (Lipinski definition) is 0. The molecule has 1 aliphatic rings. The van der Waals surface area contributed by atoms with Gasteiger partial charge in [0, 0.05) is 32.7 Å². The minimum Gasteiger partial charge on any atom is -0.367 e. The molecule has 0 unspecified atom stereocenters. The number of aryl methyl sites for hydroxylation is 1. The van der Waals surface area contributed by atoms with Crippen molar-refractivity contribution in [3.05, 3.63) is 65.5 Å². The van der Waals surface area contributed by atoms with Crippen molar-refractivity contribution in [2.24, 2.45) is 0 Å². The topological polar surface area (TPSA) is 6.48 Å². The van der Waals surface area contributed by atoms with Crippen LogP contribution in [0.15, 0.2) is 48.5 Å². The molecule has 21 heavy (non-hydrogen) atoms. The van der Waals surface area contributed by atoms with Crippen LogP contribution in [-0.4, -0.2) is 31.1 Å². The van der Waals surface area contributed by atoms with Crippen LogP contribution >= 0.6 is 0 Å². The van der Waals surface area contributed by atoms with Crippen molar-refractivity contribution in [2.75, 3.05) is 31.1 Å². The fourth-order valence-electron chi connectivity index (χ4n) is 2.92. The van der Waals surface area contributed by atoms with Gasteiger partial charge in [-0.3, -0.25) is 4.90 Å². The zero-order chi connectivity index (χ0) is 14.7. The van der Waals surface area contributed by atoms with Gasteiger partial charge in [-0.15, -0.1) is 0 Å². The van der Waals surface area contributed by atoms with E-state index in [1.165, 1.54) is 17.2 Å². The zero-order valence-corrected chi connectivity index (χ0v) is 12.4. The number of rotatable bonds is 3. The van der Waals surface area contributed by atoms with Gasteiger partial charge in [-0.05, 0) is 24.6 Å². The van der Waals surface area contributed by atoms with E-state index in [9.17, 15) is 4.39 Å². The molecule has 0 spiro atoms. The number of halogens is 1. The van der Waals surface area contributed by atoms with Crippen LogP contribution in [-0.2, 0) is 6.54 Å². The van der Waals surface area contributed by atoms with Crippen molar-refractivity contribution < 1.29 is 4.39 Å². The average Bonchev–Trinajstić information content (AvgIpc) is 2.49. The Kier molecular flexibility index (Phi) is 4.20. The van der Waals surface area contributed by atoms with Crippen molar-refractivity contribution >= 4 is 5.69 Å². The maximum atomic E-state index is 13.8. The molecular formula is C18H21FN2. The van der Waals surface area contributed by atoms with E-state index < -0.39 is 0 Å². The van der Waals surface area contributed by atoms with Gasteiger partial charge in [-0.2, -0.15) is 0 Å². The Labute approximate surface area is 125 Å². The Morgan fingerprint density at radius 1 is 0.952 bits per heavy atom. The summed E-state index contributed by atoms with van der Waals surface area (Å²) in [6, 6.07) is 15.7. The van der Waals surface area contributed by atoms with Crippen LogP contribution in [0.5, 0.6) is 0 Å². The Morgan fingerprint density at radius 3 is 2.43 bits per heavy atom. The number of anilines is 1. The first-order valence-electron chi connectivity index (χ1n) is 7.50. The largest absolute Gasteiger partial charge is 0.367 e. The Hall–Kier alpha value is -1.87. The molecule has 1 aliphatic heterocycles. The first kappa shape index (κ1) is 14.1. The molecule has 0 N–H and O–H groups in total. The lowest BCUT2D eigenvalue weighted by Gasteiger charge is -2.36. The Morgan fingerprint density at radius 2 is 1.71 bits per heavy atom. The monoisotopic (exact) mass is 284 g/mol. The van der Waals surface area contributed by atoms with E-state index >= 15 is 0 Å². The summed E-state index contributed by atoms with van der Waals surface area (Å²) in [5.41, 5.74) is 3.39. The smallest absolute Gasteiger partial charge is 0.146 e. The summed E-state index contributed by atoms with van der Waals surface area (Å²) in [5, 5.41) is 0. The number of nitrogens with zero attached hydrogens (tertiary/aromatic N) is 2. The van der Waals surface area contributed by atoms with Gasteiger partial charge < -0.3 is 4.90 Å². The molecular weight excluding hydrogens is 263 g/mol. The van der Waals surface area contributed by atoms with Gasteiger partial charge >= 0.3 is 0 Å². The van der Waals surface area contributed by atoms with Crippen molar-refractivity contribution in [1.29, 1.82) is 0 Å². The number of piperazine rings is 1. The van der Waals surface area contributed by atoms with Crippen LogP contribution in [0.2, 0.25) is 0 Å². The molecule has 0 bridgehead atoms. The minimum absolute atomic E-state index is 0.121. The van der Waals surface area contributed by atoms with Crippen LogP contribution in [0.4, 0.5) is 10.1 Å². The van der Waals surface area contributed by atoms with Crippen molar-refractivity contribution in [3.8, 4) is 0 Å². The van der Waals surface area contributed by atoms with Gasteiger partial charge in [-0.1, -0.05) is 42.0 Å². The maximum Gasteiger partial charge on any atom is 0.146 e. The lowest BCUT2D eigenvalue weighted by molar-refractivity contribution is 0.249. The SMILES string of the molecule is Cc1cccc(CN2CCN(c3ccccc3F)CC2)c1. The Balaban J connectivity index is 1.59. The Bertz CT molecular complexity index is 604. The normalized spacial score (nSPS) is 16.2. The van der Waals surface area contributed by atoms with Gasteiger partial charge in [-0.25, -0.2) is 4.39 Å². The van der Waals surface area contributed by atoms with Crippen molar-refractivity contribution in [3.63, 3.8) is 0 Å². The van der Waals surface area contributed by atoms with E-state index in [0.29, 0.717) is 0 Å². The average molecular weight is 284 g/mol. The molecule has 2 nitrogen and oxygen atoms in total. The molecule has 3 rings (SSSR count). The van der Waals surface area contributed by atoms with Crippen LogP contribution in [0, 0.1) is 12.7 Å². The van der Waals surface area contributed by atoms with Gasteiger partial charge in [0.15, 0.2) is 0 Å². The van der Waals surface area contributed by atoms with Gasteiger partial charge in [0.1, 0.15) is 5.82 Å². The highest BCUT2D eigenvalue weighted by Crippen LogP contribution is 2.20. The van der Waals surface area contributed by atoms with Crippen LogP contribution in [0.1, 0.15) is 11.1 Å². The minimum atomic E-state index is -0.121. The molecule has 3 heteroatoms. The number of benzene rings is 2. The maximum absolute atomic E-state index is 13.8. The lowest BCUT2D eigenvalue weighted by atomic mass is 10.1. The van der Waals surface area contributed by atoms with E-state index in [1.807, 2.05) is 12.1 Å². The van der Waals surface area contributed by atoms with Gasteiger partial charge in [0.05, 0.1) is 5.69 Å². The summed E-state index contributed by atoms with van der Waals surface area (Å²) in [6.45, 7) is 6.82. The van der Waals surface area contributed by atoms with E-state index in [2.05, 4.69) is 41.0 Å². The van der Waals surface area contributed by atoms with E-state index in [4.69, 9.17) is 0 Å². The quantitative estimate of drug-likeness (QED) is 0.851. The van der Waals surface area contributed by atoms with E-state index in [0.717, 1.165) is 38.4 Å². The summed E-state index contributed by atoms with van der Waals surface area (Å²) in [7, 11) is 0. The van der Waals surface area contributed by atoms with Gasteiger partial charge in [0.2, 0.25) is 0 Å².